The molecule has 0 unspecified atom stereocenters. The molecule has 0 spiro atoms. The molecule has 0 aliphatic rings. The molecule has 6 heteroatoms. The Labute approximate surface area is 114 Å². The van der Waals surface area contributed by atoms with E-state index in [-0.39, 0.29) is 0 Å². The summed E-state index contributed by atoms with van der Waals surface area (Å²) < 4.78 is 1.06. The van der Waals surface area contributed by atoms with Gasteiger partial charge < -0.3 is 0 Å². The third kappa shape index (κ3) is 7.81. The predicted octanol–water partition coefficient (Wildman–Crippen LogP) is 5.29. The third-order valence-electron chi connectivity index (χ3n) is 2.07. The van der Waals surface area contributed by atoms with E-state index in [0.29, 0.717) is 0 Å². The highest BCUT2D eigenvalue weighted by Gasteiger charge is 1.98. The summed E-state index contributed by atoms with van der Waals surface area (Å²) in [6.07, 6.45) is 8.28. The normalized spacial score (nSPS) is 10.8. The van der Waals surface area contributed by atoms with E-state index in [1.165, 1.54) is 44.3 Å². The van der Waals surface area contributed by atoms with E-state index in [0.717, 1.165) is 4.34 Å². The molecule has 2 nitrogen and oxygen atoms in total. The maximum absolute atomic E-state index is 3.98. The van der Waals surface area contributed by atoms with Crippen molar-refractivity contribution in [2.45, 2.75) is 49.8 Å². The first-order valence-corrected chi connectivity index (χ1v) is 10.2. The maximum atomic E-state index is 3.98. The van der Waals surface area contributed by atoms with Crippen LogP contribution in [0.5, 0.6) is 0 Å². The summed E-state index contributed by atoms with van der Waals surface area (Å²) in [5.41, 5.74) is 1.78. The van der Waals surface area contributed by atoms with E-state index in [1.807, 2.05) is 20.6 Å². The van der Waals surface area contributed by atoms with Crippen LogP contribution in [0, 0.1) is 0 Å². The second-order valence-electron chi connectivity index (χ2n) is 3.45. The summed E-state index contributed by atoms with van der Waals surface area (Å²) in [5, 5.41) is 7.79. The average Bonchev–Trinajstić information content (AvgIpc) is 2.80. The Morgan fingerprint density at radius 1 is 1.19 bits per heavy atom. The van der Waals surface area contributed by atoms with Gasteiger partial charge in [0.25, 0.3) is 0 Å². The molecule has 1 aromatic rings. The van der Waals surface area contributed by atoms with Crippen molar-refractivity contribution in [3.63, 3.8) is 0 Å². The summed E-state index contributed by atoms with van der Waals surface area (Å²) in [6.45, 7) is 2.26. The summed E-state index contributed by atoms with van der Waals surface area (Å²) in [7, 11) is 5.48. The molecule has 0 aliphatic heterocycles. The predicted molar refractivity (Wildman–Crippen MR) is 79.2 cm³/mol. The van der Waals surface area contributed by atoms with Crippen LogP contribution in [0.4, 0.5) is 0 Å². The van der Waals surface area contributed by atoms with Crippen LogP contribution in [0.2, 0.25) is 0 Å². The van der Waals surface area contributed by atoms with Crippen molar-refractivity contribution in [1.29, 1.82) is 0 Å². The molecule has 1 rings (SSSR count). The largest absolute Gasteiger partial charge is 0.185 e. The van der Waals surface area contributed by atoms with Crippen molar-refractivity contribution >= 4 is 42.8 Å². The first-order valence-electron chi connectivity index (χ1n) is 5.65. The molecule has 92 valence electrons. The maximum Gasteiger partial charge on any atom is 0.185 e. The highest BCUT2D eigenvalue weighted by molar-refractivity contribution is 9.09. The first kappa shape index (κ1) is 14.7. The summed E-state index contributed by atoms with van der Waals surface area (Å²) in [5.74, 6) is 1.25. The number of hydrogen-bond donors (Lipinski definition) is 0. The Morgan fingerprint density at radius 2 is 2.00 bits per heavy atom. The van der Waals surface area contributed by atoms with Crippen LogP contribution in [-0.4, -0.2) is 16.0 Å². The van der Waals surface area contributed by atoms with Gasteiger partial charge in [0.15, 0.2) is 4.34 Å². The Hall–Kier alpha value is 0.610. The van der Waals surface area contributed by atoms with Gasteiger partial charge >= 0.3 is 0 Å². The van der Waals surface area contributed by atoms with Crippen LogP contribution in [0.15, 0.2) is 9.85 Å². The fourth-order valence-corrected chi connectivity index (χ4v) is 6.02. The number of nitrogens with zero attached hydrogens (tertiary/aromatic N) is 2. The van der Waals surface area contributed by atoms with Crippen molar-refractivity contribution in [3.8, 4) is 0 Å². The lowest BCUT2D eigenvalue weighted by atomic mass is 10.1. The van der Waals surface area contributed by atoms with E-state index in [4.69, 9.17) is 0 Å². The van der Waals surface area contributed by atoms with Gasteiger partial charge in [-0.05, 0) is 27.0 Å². The standard InChI is InChI=1S/C10H18N2S4/c1-2-3-4-5-6-7-8-14-16-15-10-12-11-9-13-10/h9H,2-8H2,1H3. The molecule has 0 amide bonds. The number of unbranched alkanes of at least 4 members (excludes halogenated alkanes) is 5. The second-order valence-corrected chi connectivity index (χ2v) is 8.71. The van der Waals surface area contributed by atoms with Crippen molar-refractivity contribution in [1.82, 2.24) is 10.2 Å². The Morgan fingerprint density at radius 3 is 2.75 bits per heavy atom. The van der Waals surface area contributed by atoms with Gasteiger partial charge in [0, 0.05) is 5.75 Å². The fraction of sp³-hybridized carbons (Fsp3) is 0.800. The molecule has 1 aromatic heterocycles. The van der Waals surface area contributed by atoms with Gasteiger partial charge in [-0.25, -0.2) is 0 Å². The molecule has 1 heterocycles. The Balaban J connectivity index is 1.78. The zero-order valence-electron chi connectivity index (χ0n) is 9.55. The second kappa shape index (κ2) is 10.7. The van der Waals surface area contributed by atoms with E-state index >= 15 is 0 Å². The van der Waals surface area contributed by atoms with Gasteiger partial charge in [-0.3, -0.25) is 0 Å². The van der Waals surface area contributed by atoms with Crippen molar-refractivity contribution < 1.29 is 0 Å². The van der Waals surface area contributed by atoms with Crippen molar-refractivity contribution in [2.24, 2.45) is 0 Å². The molecule has 0 saturated carbocycles. The molecule has 0 aromatic carbocycles. The van der Waals surface area contributed by atoms with Crippen LogP contribution in [0.1, 0.15) is 45.4 Å². The molecule has 16 heavy (non-hydrogen) atoms. The minimum Gasteiger partial charge on any atom is -0.146 e. The third-order valence-corrected chi connectivity index (χ3v) is 7.20. The Bertz CT molecular complexity index is 241. The summed E-state index contributed by atoms with van der Waals surface area (Å²) in [6, 6.07) is 0. The monoisotopic (exact) mass is 294 g/mol. The van der Waals surface area contributed by atoms with Crippen molar-refractivity contribution in [2.75, 3.05) is 5.75 Å². The highest BCUT2D eigenvalue weighted by Crippen LogP contribution is 2.40. The number of aromatic nitrogens is 2. The molecular formula is C10H18N2S4. The van der Waals surface area contributed by atoms with Crippen LogP contribution < -0.4 is 0 Å². The summed E-state index contributed by atoms with van der Waals surface area (Å²) >= 11 is 1.61. The zero-order valence-corrected chi connectivity index (χ0v) is 12.8. The van der Waals surface area contributed by atoms with E-state index in [2.05, 4.69) is 17.1 Å². The molecule has 0 fully saturated rings. The lowest BCUT2D eigenvalue weighted by Gasteiger charge is -1.99. The van der Waals surface area contributed by atoms with Crippen LogP contribution >= 0.6 is 42.8 Å². The lowest BCUT2D eigenvalue weighted by Crippen LogP contribution is -1.80. The Kier molecular flexibility index (Phi) is 9.85. The van der Waals surface area contributed by atoms with Gasteiger partial charge in [-0.15, -0.1) is 10.2 Å². The molecule has 0 N–H and O–H groups in total. The van der Waals surface area contributed by atoms with Gasteiger partial charge in [-0.2, -0.15) is 0 Å². The van der Waals surface area contributed by atoms with Gasteiger partial charge in [0.2, 0.25) is 0 Å². The average molecular weight is 295 g/mol. The minimum absolute atomic E-state index is 1.06. The first-order chi connectivity index (χ1) is 7.93. The fourth-order valence-electron chi connectivity index (χ4n) is 1.23. The highest BCUT2D eigenvalue weighted by atomic mass is 33.5. The van der Waals surface area contributed by atoms with Gasteiger partial charge in [-0.1, -0.05) is 61.2 Å². The molecule has 0 atom stereocenters. The van der Waals surface area contributed by atoms with Crippen LogP contribution in [-0.2, 0) is 0 Å². The zero-order chi connectivity index (χ0) is 11.5. The molecule has 0 aliphatic carbocycles. The topological polar surface area (TPSA) is 25.8 Å². The number of rotatable bonds is 10. The SMILES string of the molecule is CCCCCCCCSSSc1nncs1. The van der Waals surface area contributed by atoms with Crippen LogP contribution in [0.3, 0.4) is 0 Å². The van der Waals surface area contributed by atoms with E-state index < -0.39 is 0 Å². The minimum atomic E-state index is 1.06. The van der Waals surface area contributed by atoms with E-state index in [9.17, 15) is 0 Å². The van der Waals surface area contributed by atoms with Gasteiger partial charge in [0.1, 0.15) is 5.51 Å². The molecule has 0 saturated heterocycles. The summed E-state index contributed by atoms with van der Waals surface area (Å²) in [4.78, 5) is 0. The molecule has 0 radical (unpaired) electrons. The van der Waals surface area contributed by atoms with Crippen LogP contribution in [0.25, 0.3) is 0 Å². The smallest absolute Gasteiger partial charge is 0.146 e. The molecule has 0 bridgehead atoms. The number of hydrogen-bond acceptors (Lipinski definition) is 6. The van der Waals surface area contributed by atoms with E-state index in [1.54, 1.807) is 27.6 Å². The van der Waals surface area contributed by atoms with Crippen molar-refractivity contribution in [3.05, 3.63) is 5.51 Å². The lowest BCUT2D eigenvalue weighted by molar-refractivity contribution is 0.627. The molecular weight excluding hydrogens is 276 g/mol. The quantitative estimate of drug-likeness (QED) is 0.431. The van der Waals surface area contributed by atoms with Gasteiger partial charge in [0.05, 0.1) is 0 Å².